The fourth-order valence-electron chi connectivity index (χ4n) is 0.991. The summed E-state index contributed by atoms with van der Waals surface area (Å²) in [6.45, 7) is 2.92. The number of amides is 1. The van der Waals surface area contributed by atoms with Crippen molar-refractivity contribution in [2.45, 2.75) is 13.8 Å². The van der Waals surface area contributed by atoms with Gasteiger partial charge in [0, 0.05) is 6.08 Å². The van der Waals surface area contributed by atoms with Crippen molar-refractivity contribution in [1.29, 1.82) is 0 Å². The lowest BCUT2D eigenvalue weighted by atomic mass is 10.3. The van der Waals surface area contributed by atoms with Crippen LogP contribution in [0.15, 0.2) is 11.6 Å². The highest BCUT2D eigenvalue weighted by atomic mass is 16.5. The van der Waals surface area contributed by atoms with Gasteiger partial charge in [-0.25, -0.2) is 0 Å². The summed E-state index contributed by atoms with van der Waals surface area (Å²) < 4.78 is 8.89. The summed E-state index contributed by atoms with van der Waals surface area (Å²) in [5, 5.41) is 0. The van der Waals surface area contributed by atoms with E-state index in [0.29, 0.717) is 0 Å². The van der Waals surface area contributed by atoms with Crippen molar-refractivity contribution in [3.8, 4) is 0 Å². The molecule has 96 valence electrons. The van der Waals surface area contributed by atoms with Crippen molar-refractivity contribution >= 4 is 17.8 Å². The van der Waals surface area contributed by atoms with Crippen LogP contribution < -0.4 is 0 Å². The lowest BCUT2D eigenvalue weighted by molar-refractivity contribution is -0.150. The molecule has 0 saturated carbocycles. The van der Waals surface area contributed by atoms with Crippen LogP contribution in [0.3, 0.4) is 0 Å². The van der Waals surface area contributed by atoms with E-state index in [1.807, 2.05) is 0 Å². The average Bonchev–Trinajstić information content (AvgIpc) is 2.26. The summed E-state index contributed by atoms with van der Waals surface area (Å²) in [7, 11) is 2.42. The quantitative estimate of drug-likeness (QED) is 0.507. The molecule has 6 heteroatoms. The lowest BCUT2D eigenvalue weighted by Crippen LogP contribution is -2.39. The standard InChI is InChI=1S/C11H17NO5/c1-8(2)5-9(13)12(6-10(14)16-3)7-11(15)17-4/h5H,6-7H2,1-4H3. The first-order valence-electron chi connectivity index (χ1n) is 4.98. The maximum Gasteiger partial charge on any atom is 0.325 e. The van der Waals surface area contributed by atoms with Gasteiger partial charge in [-0.3, -0.25) is 14.4 Å². The van der Waals surface area contributed by atoms with Gasteiger partial charge >= 0.3 is 11.9 Å². The number of methoxy groups -OCH3 is 2. The van der Waals surface area contributed by atoms with Gasteiger partial charge in [0.15, 0.2) is 0 Å². The molecule has 1 amide bonds. The Bertz CT molecular complexity index is 313. The number of hydrogen-bond acceptors (Lipinski definition) is 5. The number of ether oxygens (including phenoxy) is 2. The van der Waals surface area contributed by atoms with Crippen LogP contribution in [0, 0.1) is 0 Å². The molecule has 0 aromatic heterocycles. The van der Waals surface area contributed by atoms with Crippen molar-refractivity contribution < 1.29 is 23.9 Å². The number of esters is 2. The molecule has 0 fully saturated rings. The molecular formula is C11H17NO5. The molecule has 0 heterocycles. The number of carbonyl (C=O) groups excluding carboxylic acids is 3. The molecule has 0 aromatic carbocycles. The molecule has 0 rings (SSSR count). The zero-order valence-corrected chi connectivity index (χ0v) is 10.5. The minimum Gasteiger partial charge on any atom is -0.468 e. The zero-order chi connectivity index (χ0) is 13.4. The Hall–Kier alpha value is -1.85. The molecule has 0 atom stereocenters. The highest BCUT2D eigenvalue weighted by molar-refractivity contribution is 5.93. The Balaban J connectivity index is 4.72. The van der Waals surface area contributed by atoms with E-state index in [9.17, 15) is 14.4 Å². The molecule has 0 N–H and O–H groups in total. The topological polar surface area (TPSA) is 72.9 Å². The Kier molecular flexibility index (Phi) is 6.62. The van der Waals surface area contributed by atoms with Gasteiger partial charge in [-0.15, -0.1) is 0 Å². The fraction of sp³-hybridized carbons (Fsp3) is 0.545. The van der Waals surface area contributed by atoms with E-state index >= 15 is 0 Å². The van der Waals surface area contributed by atoms with Gasteiger partial charge in [-0.1, -0.05) is 5.57 Å². The van der Waals surface area contributed by atoms with Crippen LogP contribution >= 0.6 is 0 Å². The number of hydrogen-bond donors (Lipinski definition) is 0. The molecule has 0 unspecified atom stereocenters. The van der Waals surface area contributed by atoms with E-state index in [-0.39, 0.29) is 13.1 Å². The van der Waals surface area contributed by atoms with E-state index in [0.717, 1.165) is 10.5 Å². The summed E-state index contributed by atoms with van der Waals surface area (Å²) in [6.07, 6.45) is 1.34. The number of allylic oxidation sites excluding steroid dienone is 1. The van der Waals surface area contributed by atoms with Crippen LogP contribution in [0.5, 0.6) is 0 Å². The second kappa shape index (κ2) is 7.43. The van der Waals surface area contributed by atoms with Crippen LogP contribution in [0.2, 0.25) is 0 Å². The summed E-state index contributed by atoms with van der Waals surface area (Å²) in [5.74, 6) is -1.62. The van der Waals surface area contributed by atoms with Gasteiger partial charge in [-0.05, 0) is 13.8 Å². The highest BCUT2D eigenvalue weighted by Gasteiger charge is 2.19. The van der Waals surface area contributed by atoms with Crippen LogP contribution in [0.1, 0.15) is 13.8 Å². The first-order chi connectivity index (χ1) is 7.90. The van der Waals surface area contributed by atoms with Crippen LogP contribution in [-0.2, 0) is 23.9 Å². The first kappa shape index (κ1) is 15.2. The predicted molar refractivity (Wildman–Crippen MR) is 60.0 cm³/mol. The summed E-state index contributed by atoms with van der Waals surface area (Å²) in [5.41, 5.74) is 0.773. The van der Waals surface area contributed by atoms with E-state index in [1.165, 1.54) is 20.3 Å². The molecule has 0 radical (unpaired) electrons. The van der Waals surface area contributed by atoms with E-state index in [4.69, 9.17) is 0 Å². The van der Waals surface area contributed by atoms with Crippen molar-refractivity contribution in [1.82, 2.24) is 4.90 Å². The Morgan fingerprint density at radius 2 is 1.41 bits per heavy atom. The Morgan fingerprint density at radius 3 is 1.71 bits per heavy atom. The zero-order valence-electron chi connectivity index (χ0n) is 10.5. The van der Waals surface area contributed by atoms with Crippen LogP contribution in [-0.4, -0.2) is 50.1 Å². The SMILES string of the molecule is COC(=O)CN(CC(=O)OC)C(=O)C=C(C)C. The molecular weight excluding hydrogens is 226 g/mol. The molecule has 17 heavy (non-hydrogen) atoms. The molecule has 0 saturated heterocycles. The Labute approximate surface area is 100 Å². The predicted octanol–water partition coefficient (Wildman–Crippen LogP) is 0.127. The average molecular weight is 243 g/mol. The molecule has 0 aromatic rings. The third-order valence-electron chi connectivity index (χ3n) is 1.82. The van der Waals surface area contributed by atoms with Gasteiger partial charge < -0.3 is 14.4 Å². The van der Waals surface area contributed by atoms with E-state index < -0.39 is 17.8 Å². The highest BCUT2D eigenvalue weighted by Crippen LogP contribution is 1.98. The normalized spacial score (nSPS) is 9.18. The fourth-order valence-corrected chi connectivity index (χ4v) is 0.991. The van der Waals surface area contributed by atoms with Gasteiger partial charge in [0.05, 0.1) is 14.2 Å². The maximum atomic E-state index is 11.7. The second-order valence-electron chi connectivity index (χ2n) is 3.57. The third kappa shape index (κ3) is 6.34. The van der Waals surface area contributed by atoms with Crippen LogP contribution in [0.4, 0.5) is 0 Å². The van der Waals surface area contributed by atoms with Gasteiger partial charge in [0.1, 0.15) is 13.1 Å². The number of nitrogens with zero attached hydrogens (tertiary/aromatic N) is 1. The Morgan fingerprint density at radius 1 is 1.00 bits per heavy atom. The smallest absolute Gasteiger partial charge is 0.325 e. The van der Waals surface area contributed by atoms with Gasteiger partial charge in [0.25, 0.3) is 0 Å². The molecule has 0 aliphatic heterocycles. The summed E-state index contributed by atoms with van der Waals surface area (Å²) in [4.78, 5) is 34.9. The van der Waals surface area contributed by atoms with Crippen molar-refractivity contribution in [3.63, 3.8) is 0 Å². The maximum absolute atomic E-state index is 11.7. The van der Waals surface area contributed by atoms with Crippen LogP contribution in [0.25, 0.3) is 0 Å². The van der Waals surface area contributed by atoms with Crippen molar-refractivity contribution in [2.75, 3.05) is 27.3 Å². The summed E-state index contributed by atoms with van der Waals surface area (Å²) in [6, 6.07) is 0. The van der Waals surface area contributed by atoms with Crippen molar-refractivity contribution in [2.24, 2.45) is 0 Å². The minimum absolute atomic E-state index is 0.284. The van der Waals surface area contributed by atoms with E-state index in [1.54, 1.807) is 13.8 Å². The first-order valence-corrected chi connectivity index (χ1v) is 4.98. The molecule has 6 nitrogen and oxygen atoms in total. The number of rotatable bonds is 5. The third-order valence-corrected chi connectivity index (χ3v) is 1.82. The summed E-state index contributed by atoms with van der Waals surface area (Å²) >= 11 is 0. The molecule has 0 spiro atoms. The second-order valence-corrected chi connectivity index (χ2v) is 3.57. The largest absolute Gasteiger partial charge is 0.468 e. The minimum atomic E-state index is -0.593. The molecule has 0 aliphatic carbocycles. The molecule has 0 aliphatic rings. The van der Waals surface area contributed by atoms with Gasteiger partial charge in [0.2, 0.25) is 5.91 Å². The number of carbonyl (C=O) groups is 3. The molecule has 0 bridgehead atoms. The van der Waals surface area contributed by atoms with E-state index in [2.05, 4.69) is 9.47 Å². The van der Waals surface area contributed by atoms with Crippen molar-refractivity contribution in [3.05, 3.63) is 11.6 Å². The lowest BCUT2D eigenvalue weighted by Gasteiger charge is -2.18. The van der Waals surface area contributed by atoms with Gasteiger partial charge in [-0.2, -0.15) is 0 Å². The monoisotopic (exact) mass is 243 g/mol.